The first-order valence-electron chi connectivity index (χ1n) is 5.81. The highest BCUT2D eigenvalue weighted by Crippen LogP contribution is 2.38. The van der Waals surface area contributed by atoms with Gasteiger partial charge in [0.1, 0.15) is 0 Å². The molecule has 0 radical (unpaired) electrons. The van der Waals surface area contributed by atoms with E-state index in [1.807, 2.05) is 0 Å². The largest absolute Gasteiger partial charge is 0.394 e. The maximum Gasteiger partial charge on any atom is 0.0612 e. The van der Waals surface area contributed by atoms with Gasteiger partial charge in [-0.3, -0.25) is 4.90 Å². The van der Waals surface area contributed by atoms with Gasteiger partial charge < -0.3 is 10.4 Å². The third kappa shape index (κ3) is 2.27. The number of nitrogens with one attached hydrogen (secondary N) is 1. The molecule has 0 amide bonds. The zero-order valence-corrected chi connectivity index (χ0v) is 9.13. The molecule has 2 rings (SSSR count). The van der Waals surface area contributed by atoms with Crippen LogP contribution in [-0.2, 0) is 0 Å². The van der Waals surface area contributed by atoms with E-state index in [1.165, 1.54) is 19.3 Å². The zero-order valence-electron chi connectivity index (χ0n) is 9.13. The minimum Gasteiger partial charge on any atom is -0.394 e. The lowest BCUT2D eigenvalue weighted by Crippen LogP contribution is -2.56. The van der Waals surface area contributed by atoms with Gasteiger partial charge in [-0.1, -0.05) is 12.8 Å². The summed E-state index contributed by atoms with van der Waals surface area (Å²) >= 11 is 0. The van der Waals surface area contributed by atoms with E-state index in [4.69, 9.17) is 0 Å². The van der Waals surface area contributed by atoms with E-state index in [0.717, 1.165) is 32.1 Å². The summed E-state index contributed by atoms with van der Waals surface area (Å²) in [7, 11) is 0. The van der Waals surface area contributed by atoms with Crippen LogP contribution in [0.15, 0.2) is 0 Å². The highest BCUT2D eigenvalue weighted by molar-refractivity contribution is 4.93. The summed E-state index contributed by atoms with van der Waals surface area (Å²) in [5.74, 6) is 0.891. The van der Waals surface area contributed by atoms with Gasteiger partial charge in [-0.2, -0.15) is 0 Å². The molecule has 14 heavy (non-hydrogen) atoms. The van der Waals surface area contributed by atoms with Crippen molar-refractivity contribution >= 4 is 0 Å². The van der Waals surface area contributed by atoms with Crippen LogP contribution in [0.5, 0.6) is 0 Å². The minimum absolute atomic E-state index is 0.0449. The highest BCUT2D eigenvalue weighted by Gasteiger charge is 2.37. The van der Waals surface area contributed by atoms with Crippen LogP contribution < -0.4 is 5.32 Å². The Morgan fingerprint density at radius 1 is 1.36 bits per heavy atom. The summed E-state index contributed by atoms with van der Waals surface area (Å²) in [6.07, 6.45) is 3.94. The van der Waals surface area contributed by atoms with Crippen LogP contribution in [0.3, 0.4) is 0 Å². The average Bonchev–Trinajstić information content (AvgIpc) is 3.03. The lowest BCUT2D eigenvalue weighted by Gasteiger charge is -2.42. The van der Waals surface area contributed by atoms with E-state index in [0.29, 0.717) is 6.61 Å². The second-order valence-corrected chi connectivity index (χ2v) is 5.04. The first-order valence-corrected chi connectivity index (χ1v) is 5.81. The quantitative estimate of drug-likeness (QED) is 0.688. The van der Waals surface area contributed by atoms with Gasteiger partial charge in [-0.15, -0.1) is 0 Å². The SMILES string of the molecule is CC(CO)(CC1CC1)N1CCNCC1. The molecular weight excluding hydrogens is 176 g/mol. The van der Waals surface area contributed by atoms with Crippen molar-refractivity contribution in [3.63, 3.8) is 0 Å². The number of hydrogen-bond acceptors (Lipinski definition) is 3. The third-order valence-corrected chi connectivity index (χ3v) is 3.65. The number of piperazine rings is 1. The predicted molar refractivity (Wildman–Crippen MR) is 57.3 cm³/mol. The number of aliphatic hydroxyl groups excluding tert-OH is 1. The fraction of sp³-hybridized carbons (Fsp3) is 1.00. The van der Waals surface area contributed by atoms with Gasteiger partial charge in [0.2, 0.25) is 0 Å². The fourth-order valence-corrected chi connectivity index (χ4v) is 2.44. The summed E-state index contributed by atoms with van der Waals surface area (Å²) < 4.78 is 0. The van der Waals surface area contributed by atoms with Gasteiger partial charge in [0, 0.05) is 31.7 Å². The van der Waals surface area contributed by atoms with Crippen molar-refractivity contribution in [2.24, 2.45) is 5.92 Å². The summed E-state index contributed by atoms with van der Waals surface area (Å²) in [4.78, 5) is 2.46. The minimum atomic E-state index is 0.0449. The number of nitrogens with zero attached hydrogens (tertiary/aromatic N) is 1. The van der Waals surface area contributed by atoms with Gasteiger partial charge in [-0.05, 0) is 19.3 Å². The predicted octanol–water partition coefficient (Wildman–Crippen LogP) is 0.443. The molecule has 0 bridgehead atoms. The average molecular weight is 198 g/mol. The lowest BCUT2D eigenvalue weighted by molar-refractivity contribution is 0.0235. The molecule has 0 aromatic heterocycles. The molecule has 1 atom stereocenters. The Bertz CT molecular complexity index is 188. The van der Waals surface area contributed by atoms with Gasteiger partial charge in [0.15, 0.2) is 0 Å². The molecule has 3 heteroatoms. The Labute approximate surface area is 86.5 Å². The molecule has 1 heterocycles. The smallest absolute Gasteiger partial charge is 0.0612 e. The Kier molecular flexibility index (Phi) is 3.10. The monoisotopic (exact) mass is 198 g/mol. The van der Waals surface area contributed by atoms with Crippen molar-refractivity contribution in [3.05, 3.63) is 0 Å². The maximum absolute atomic E-state index is 9.55. The van der Waals surface area contributed by atoms with Crippen LogP contribution in [-0.4, -0.2) is 48.3 Å². The third-order valence-electron chi connectivity index (χ3n) is 3.65. The topological polar surface area (TPSA) is 35.5 Å². The van der Waals surface area contributed by atoms with Crippen LogP contribution >= 0.6 is 0 Å². The first kappa shape index (κ1) is 10.4. The Morgan fingerprint density at radius 3 is 2.50 bits per heavy atom. The number of hydrogen-bond donors (Lipinski definition) is 2. The van der Waals surface area contributed by atoms with E-state index in [-0.39, 0.29) is 5.54 Å². The van der Waals surface area contributed by atoms with Crippen molar-refractivity contribution in [2.45, 2.75) is 31.7 Å². The summed E-state index contributed by atoms with van der Waals surface area (Å²) in [6.45, 7) is 6.84. The highest BCUT2D eigenvalue weighted by atomic mass is 16.3. The van der Waals surface area contributed by atoms with Crippen molar-refractivity contribution in [3.8, 4) is 0 Å². The Balaban J connectivity index is 1.93. The van der Waals surface area contributed by atoms with E-state index in [2.05, 4.69) is 17.1 Å². The second-order valence-electron chi connectivity index (χ2n) is 5.04. The normalized spacial score (nSPS) is 28.7. The number of rotatable bonds is 4. The van der Waals surface area contributed by atoms with Gasteiger partial charge in [0.05, 0.1) is 6.61 Å². The molecule has 1 saturated carbocycles. The standard InChI is InChI=1S/C11H22N2O/c1-11(9-14,8-10-2-3-10)13-6-4-12-5-7-13/h10,12,14H,2-9H2,1H3. The molecule has 0 spiro atoms. The molecule has 1 aliphatic carbocycles. The van der Waals surface area contributed by atoms with Crippen LogP contribution in [0.2, 0.25) is 0 Å². The van der Waals surface area contributed by atoms with E-state index < -0.39 is 0 Å². The molecule has 0 aromatic rings. The molecular formula is C11H22N2O. The van der Waals surface area contributed by atoms with E-state index in [9.17, 15) is 5.11 Å². The van der Waals surface area contributed by atoms with Crippen molar-refractivity contribution in [1.29, 1.82) is 0 Å². The van der Waals surface area contributed by atoms with Crippen molar-refractivity contribution in [2.75, 3.05) is 32.8 Å². The molecule has 2 fully saturated rings. The lowest BCUT2D eigenvalue weighted by atomic mass is 9.93. The molecule has 2 N–H and O–H groups in total. The van der Waals surface area contributed by atoms with Crippen molar-refractivity contribution in [1.82, 2.24) is 10.2 Å². The zero-order chi connectivity index (χ0) is 10.0. The molecule has 1 aliphatic heterocycles. The first-order chi connectivity index (χ1) is 6.74. The van der Waals surface area contributed by atoms with Crippen LogP contribution in [0, 0.1) is 5.92 Å². The molecule has 1 unspecified atom stereocenters. The maximum atomic E-state index is 9.55. The van der Waals surface area contributed by atoms with Gasteiger partial charge in [0.25, 0.3) is 0 Å². The van der Waals surface area contributed by atoms with Crippen LogP contribution in [0.1, 0.15) is 26.2 Å². The molecule has 3 nitrogen and oxygen atoms in total. The molecule has 0 aromatic carbocycles. The Hall–Kier alpha value is -0.120. The van der Waals surface area contributed by atoms with E-state index in [1.54, 1.807) is 0 Å². The summed E-state index contributed by atoms with van der Waals surface area (Å²) in [5.41, 5.74) is 0.0449. The van der Waals surface area contributed by atoms with Gasteiger partial charge in [-0.25, -0.2) is 0 Å². The fourth-order valence-electron chi connectivity index (χ4n) is 2.44. The van der Waals surface area contributed by atoms with Crippen LogP contribution in [0.4, 0.5) is 0 Å². The Morgan fingerprint density at radius 2 is 2.00 bits per heavy atom. The molecule has 82 valence electrons. The van der Waals surface area contributed by atoms with Crippen molar-refractivity contribution < 1.29 is 5.11 Å². The second kappa shape index (κ2) is 4.17. The molecule has 2 aliphatic rings. The summed E-state index contributed by atoms with van der Waals surface area (Å²) in [6, 6.07) is 0. The summed E-state index contributed by atoms with van der Waals surface area (Å²) in [5, 5.41) is 12.9. The number of aliphatic hydroxyl groups is 1. The van der Waals surface area contributed by atoms with Crippen LogP contribution in [0.25, 0.3) is 0 Å². The van der Waals surface area contributed by atoms with Gasteiger partial charge >= 0.3 is 0 Å². The van der Waals surface area contributed by atoms with E-state index >= 15 is 0 Å². The molecule has 1 saturated heterocycles.